The van der Waals surface area contributed by atoms with Gasteiger partial charge in [0, 0.05) is 16.4 Å². The monoisotopic (exact) mass is 536 g/mol. The lowest BCUT2D eigenvalue weighted by Crippen LogP contribution is -2.15. The first-order chi connectivity index (χ1) is 20.6. The zero-order valence-electron chi connectivity index (χ0n) is 23.6. The maximum Gasteiger partial charge on any atom is 0.135 e. The van der Waals surface area contributed by atoms with Crippen molar-refractivity contribution in [2.45, 2.75) is 19.3 Å². The Kier molecular flexibility index (Phi) is 4.73. The maximum absolute atomic E-state index is 6.57. The van der Waals surface area contributed by atoms with Crippen LogP contribution in [0, 0.1) is 0 Å². The Labute approximate surface area is 245 Å². The van der Waals surface area contributed by atoms with Crippen molar-refractivity contribution in [3.8, 4) is 56.0 Å². The summed E-state index contributed by atoms with van der Waals surface area (Å²) in [5, 5.41) is 5.00. The summed E-state index contributed by atoms with van der Waals surface area (Å²) < 4.78 is 6.57. The van der Waals surface area contributed by atoms with Crippen molar-refractivity contribution in [1.82, 2.24) is 0 Å². The second kappa shape index (κ2) is 8.44. The molecule has 0 bridgehead atoms. The van der Waals surface area contributed by atoms with E-state index in [1.54, 1.807) is 0 Å². The molecule has 0 spiro atoms. The first kappa shape index (κ1) is 23.6. The molecule has 1 nitrogen and oxygen atoms in total. The highest BCUT2D eigenvalue weighted by atomic mass is 16.5. The lowest BCUT2D eigenvalue weighted by molar-refractivity contribution is 0.487. The quantitative estimate of drug-likeness (QED) is 0.213. The van der Waals surface area contributed by atoms with Crippen LogP contribution in [-0.4, -0.2) is 0 Å². The van der Waals surface area contributed by atoms with Gasteiger partial charge in [-0.05, 0) is 90.5 Å². The van der Waals surface area contributed by atoms with Crippen LogP contribution in [0.4, 0.5) is 0 Å². The highest BCUT2D eigenvalue weighted by molar-refractivity contribution is 6.12. The van der Waals surface area contributed by atoms with Gasteiger partial charge in [-0.15, -0.1) is 0 Å². The van der Waals surface area contributed by atoms with E-state index in [-0.39, 0.29) is 5.41 Å². The molecule has 7 aromatic carbocycles. The SMILES string of the molecule is CC1(C)c2ccccc2-c2c1cc(-c1ccc3c(c1)-c1cccc4c(-c5ccccc5)ccc(c14)O3)c1ccccc21. The molecule has 0 fully saturated rings. The summed E-state index contributed by atoms with van der Waals surface area (Å²) in [5.41, 5.74) is 12.8. The van der Waals surface area contributed by atoms with Crippen molar-refractivity contribution in [3.05, 3.63) is 145 Å². The molecule has 0 atom stereocenters. The van der Waals surface area contributed by atoms with Crippen LogP contribution in [0.3, 0.4) is 0 Å². The molecule has 1 heteroatoms. The minimum absolute atomic E-state index is 0.0690. The van der Waals surface area contributed by atoms with Gasteiger partial charge < -0.3 is 4.74 Å². The van der Waals surface area contributed by atoms with E-state index in [1.807, 2.05) is 0 Å². The van der Waals surface area contributed by atoms with Crippen molar-refractivity contribution in [2.75, 3.05) is 0 Å². The van der Waals surface area contributed by atoms with E-state index in [0.29, 0.717) is 0 Å². The van der Waals surface area contributed by atoms with Crippen LogP contribution >= 0.6 is 0 Å². The predicted molar refractivity (Wildman–Crippen MR) is 175 cm³/mol. The average Bonchev–Trinajstić information content (AvgIpc) is 3.27. The molecule has 0 aromatic heterocycles. The molecule has 9 rings (SSSR count). The van der Waals surface area contributed by atoms with Gasteiger partial charge in [0.2, 0.25) is 0 Å². The lowest BCUT2D eigenvalue weighted by Gasteiger charge is -2.25. The van der Waals surface area contributed by atoms with E-state index >= 15 is 0 Å². The second-order valence-electron chi connectivity index (χ2n) is 12.1. The fourth-order valence-electron chi connectivity index (χ4n) is 7.46. The average molecular weight is 537 g/mol. The van der Waals surface area contributed by atoms with E-state index in [1.165, 1.54) is 71.6 Å². The normalized spacial score (nSPS) is 13.9. The molecule has 198 valence electrons. The van der Waals surface area contributed by atoms with Crippen LogP contribution in [0.5, 0.6) is 11.5 Å². The van der Waals surface area contributed by atoms with Crippen molar-refractivity contribution in [2.24, 2.45) is 0 Å². The molecular weight excluding hydrogens is 508 g/mol. The second-order valence-corrected chi connectivity index (χ2v) is 12.1. The number of benzene rings is 7. The molecule has 1 heterocycles. The predicted octanol–water partition coefficient (Wildman–Crippen LogP) is 11.4. The number of hydrogen-bond donors (Lipinski definition) is 0. The summed E-state index contributed by atoms with van der Waals surface area (Å²) in [4.78, 5) is 0. The Balaban J connectivity index is 1.28. The van der Waals surface area contributed by atoms with Crippen molar-refractivity contribution >= 4 is 21.5 Å². The van der Waals surface area contributed by atoms with Gasteiger partial charge >= 0.3 is 0 Å². The maximum atomic E-state index is 6.57. The minimum Gasteiger partial charge on any atom is -0.456 e. The summed E-state index contributed by atoms with van der Waals surface area (Å²) in [6.45, 7) is 4.72. The summed E-state index contributed by atoms with van der Waals surface area (Å²) in [5.74, 6) is 1.83. The smallest absolute Gasteiger partial charge is 0.135 e. The fourth-order valence-corrected chi connectivity index (χ4v) is 7.46. The van der Waals surface area contributed by atoms with E-state index in [4.69, 9.17) is 4.74 Å². The van der Waals surface area contributed by atoms with Crippen LogP contribution in [0.1, 0.15) is 25.0 Å². The topological polar surface area (TPSA) is 9.23 Å². The van der Waals surface area contributed by atoms with Crippen molar-refractivity contribution in [3.63, 3.8) is 0 Å². The van der Waals surface area contributed by atoms with Crippen LogP contribution in [0.15, 0.2) is 133 Å². The molecule has 2 aliphatic rings. The molecule has 0 N–H and O–H groups in total. The van der Waals surface area contributed by atoms with Crippen molar-refractivity contribution < 1.29 is 4.74 Å². The van der Waals surface area contributed by atoms with E-state index in [0.717, 1.165) is 17.1 Å². The van der Waals surface area contributed by atoms with Crippen LogP contribution in [0.25, 0.3) is 66.1 Å². The summed E-state index contributed by atoms with van der Waals surface area (Å²) in [6.07, 6.45) is 0. The number of rotatable bonds is 2. The van der Waals surface area contributed by atoms with E-state index in [2.05, 4.69) is 147 Å². The summed E-state index contributed by atoms with van der Waals surface area (Å²) >= 11 is 0. The number of fused-ring (bicyclic) bond motifs is 7. The summed E-state index contributed by atoms with van der Waals surface area (Å²) in [7, 11) is 0. The Morgan fingerprint density at radius 1 is 0.429 bits per heavy atom. The first-order valence-corrected chi connectivity index (χ1v) is 14.7. The van der Waals surface area contributed by atoms with Gasteiger partial charge in [-0.3, -0.25) is 0 Å². The standard InChI is InChI=1S/C41H28O/c1-41(2)35-18-9-8-15-32(35)39-30-14-7-6-13-28(30)33(24-36(39)41)26-19-21-37-34(23-26)31-17-10-16-29-27(25-11-4-3-5-12-25)20-22-38(42-37)40(29)31/h3-24H,1-2H3. The number of hydrogen-bond acceptors (Lipinski definition) is 1. The van der Waals surface area contributed by atoms with Crippen LogP contribution in [-0.2, 0) is 5.41 Å². The first-order valence-electron chi connectivity index (χ1n) is 14.7. The van der Waals surface area contributed by atoms with Gasteiger partial charge in [0.25, 0.3) is 0 Å². The van der Waals surface area contributed by atoms with Gasteiger partial charge in [-0.1, -0.05) is 123 Å². The fraction of sp³-hybridized carbons (Fsp3) is 0.0732. The molecule has 0 unspecified atom stereocenters. The van der Waals surface area contributed by atoms with Crippen LogP contribution < -0.4 is 4.74 Å². The summed E-state index contributed by atoms with van der Waals surface area (Å²) in [6, 6.07) is 48.6. The lowest BCUT2D eigenvalue weighted by atomic mass is 9.80. The third-order valence-electron chi connectivity index (χ3n) is 9.48. The largest absolute Gasteiger partial charge is 0.456 e. The Hall–Kier alpha value is -5.14. The Morgan fingerprint density at radius 3 is 2.02 bits per heavy atom. The molecule has 1 aliphatic heterocycles. The van der Waals surface area contributed by atoms with E-state index in [9.17, 15) is 0 Å². The molecule has 0 saturated heterocycles. The third-order valence-corrected chi connectivity index (χ3v) is 9.48. The number of ether oxygens (including phenoxy) is 1. The highest BCUT2D eigenvalue weighted by Crippen LogP contribution is 2.54. The van der Waals surface area contributed by atoms with Crippen molar-refractivity contribution in [1.29, 1.82) is 0 Å². The molecule has 0 radical (unpaired) electrons. The van der Waals surface area contributed by atoms with E-state index < -0.39 is 0 Å². The zero-order valence-corrected chi connectivity index (χ0v) is 23.6. The molecule has 1 aliphatic carbocycles. The van der Waals surface area contributed by atoms with Gasteiger partial charge in [-0.25, -0.2) is 0 Å². The van der Waals surface area contributed by atoms with Crippen LogP contribution in [0.2, 0.25) is 0 Å². The molecule has 0 saturated carbocycles. The zero-order chi connectivity index (χ0) is 28.0. The highest BCUT2D eigenvalue weighted by Gasteiger charge is 2.37. The molecular formula is C41H28O. The molecule has 42 heavy (non-hydrogen) atoms. The van der Waals surface area contributed by atoms with Gasteiger partial charge in [0.05, 0.1) is 0 Å². The molecule has 7 aromatic rings. The molecule has 0 amide bonds. The Bertz CT molecular complexity index is 2240. The minimum atomic E-state index is -0.0690. The van der Waals surface area contributed by atoms with Gasteiger partial charge in [-0.2, -0.15) is 0 Å². The van der Waals surface area contributed by atoms with Gasteiger partial charge in [0.15, 0.2) is 0 Å². The third kappa shape index (κ3) is 3.14. The Morgan fingerprint density at radius 2 is 1.14 bits per heavy atom. The van der Waals surface area contributed by atoms with Gasteiger partial charge in [0.1, 0.15) is 11.5 Å².